The third kappa shape index (κ3) is 5.59. The summed E-state index contributed by atoms with van der Waals surface area (Å²) in [7, 11) is 0. The zero-order valence-corrected chi connectivity index (χ0v) is 22.1. The maximum Gasteiger partial charge on any atom is 0.342 e. The molecule has 1 N–H and O–H groups in total. The largest absolute Gasteiger partial charge is 0.487 e. The first kappa shape index (κ1) is 23.4. The fourth-order valence-electron chi connectivity index (χ4n) is 2.84. The van der Waals surface area contributed by atoms with Crippen LogP contribution >= 0.6 is 68.5 Å². The third-order valence-electron chi connectivity index (χ3n) is 4.33. The van der Waals surface area contributed by atoms with E-state index in [1.807, 2.05) is 54.6 Å². The van der Waals surface area contributed by atoms with Gasteiger partial charge < -0.3 is 14.3 Å². The SMILES string of the molecule is O=C(O)/C(=C/c1cc(I)c(OCc2ccccc2Cl)c(I)c1)Sc1nc2ccccc2o1. The smallest absolute Gasteiger partial charge is 0.342 e. The summed E-state index contributed by atoms with van der Waals surface area (Å²) in [6.45, 7) is 0.342. The summed E-state index contributed by atoms with van der Waals surface area (Å²) in [6.07, 6.45) is 1.60. The van der Waals surface area contributed by atoms with Crippen LogP contribution in [0.3, 0.4) is 0 Å². The molecule has 5 nitrogen and oxygen atoms in total. The normalized spacial score (nSPS) is 11.7. The lowest BCUT2D eigenvalue weighted by Gasteiger charge is -2.12. The van der Waals surface area contributed by atoms with Crippen molar-refractivity contribution in [1.29, 1.82) is 0 Å². The van der Waals surface area contributed by atoms with Crippen LogP contribution in [0, 0.1) is 7.14 Å². The number of aliphatic carboxylic acids is 1. The predicted octanol–water partition coefficient (Wildman–Crippen LogP) is 7.49. The van der Waals surface area contributed by atoms with Gasteiger partial charge in [-0.1, -0.05) is 41.9 Å². The number of thioether (sulfide) groups is 1. The molecule has 0 aliphatic rings. The van der Waals surface area contributed by atoms with Crippen LogP contribution < -0.4 is 4.74 Å². The van der Waals surface area contributed by atoms with Gasteiger partial charge in [0.25, 0.3) is 5.22 Å². The highest BCUT2D eigenvalue weighted by molar-refractivity contribution is 14.1. The Morgan fingerprint density at radius 1 is 1.12 bits per heavy atom. The molecule has 0 atom stereocenters. The molecule has 4 rings (SSSR count). The van der Waals surface area contributed by atoms with Crippen molar-refractivity contribution in [2.75, 3.05) is 0 Å². The van der Waals surface area contributed by atoms with Gasteiger partial charge in [-0.25, -0.2) is 9.78 Å². The van der Waals surface area contributed by atoms with E-state index in [-0.39, 0.29) is 10.1 Å². The van der Waals surface area contributed by atoms with Gasteiger partial charge in [0.05, 0.1) is 7.14 Å². The topological polar surface area (TPSA) is 72.6 Å². The average molecular weight is 690 g/mol. The Morgan fingerprint density at radius 2 is 1.81 bits per heavy atom. The molecule has 3 aromatic carbocycles. The Labute approximate surface area is 220 Å². The number of carboxylic acid groups (broad SMARTS) is 1. The summed E-state index contributed by atoms with van der Waals surface area (Å²) in [5.41, 5.74) is 2.94. The first-order chi connectivity index (χ1) is 15.4. The third-order valence-corrected chi connectivity index (χ3v) is 7.16. The molecule has 0 unspecified atom stereocenters. The summed E-state index contributed by atoms with van der Waals surface area (Å²) in [5, 5.41) is 10.6. The van der Waals surface area contributed by atoms with Gasteiger partial charge in [-0.3, -0.25) is 0 Å². The molecule has 0 aliphatic carbocycles. The second kappa shape index (κ2) is 10.4. The van der Waals surface area contributed by atoms with Crippen LogP contribution in [0.4, 0.5) is 0 Å². The fourth-order valence-corrected chi connectivity index (χ4v) is 5.90. The van der Waals surface area contributed by atoms with E-state index < -0.39 is 5.97 Å². The molecule has 0 radical (unpaired) electrons. The minimum atomic E-state index is -1.05. The van der Waals surface area contributed by atoms with Crippen molar-refractivity contribution in [3.05, 3.63) is 88.9 Å². The van der Waals surface area contributed by atoms with Crippen LogP contribution in [0.2, 0.25) is 5.02 Å². The highest BCUT2D eigenvalue weighted by atomic mass is 127. The molecule has 0 aliphatic heterocycles. The van der Waals surface area contributed by atoms with Gasteiger partial charge in [-0.05, 0) is 98.9 Å². The van der Waals surface area contributed by atoms with Crippen LogP contribution in [0.15, 0.2) is 75.2 Å². The number of ether oxygens (including phenoxy) is 1. The molecule has 0 saturated heterocycles. The number of benzene rings is 3. The molecular formula is C23H14ClI2NO4S. The number of nitrogens with zero attached hydrogens (tertiary/aromatic N) is 1. The molecule has 0 fully saturated rings. The van der Waals surface area contributed by atoms with Gasteiger partial charge in [0.15, 0.2) is 5.58 Å². The zero-order valence-electron chi connectivity index (χ0n) is 16.2. The van der Waals surface area contributed by atoms with Crippen molar-refractivity contribution in [1.82, 2.24) is 4.98 Å². The summed E-state index contributed by atoms with van der Waals surface area (Å²) in [6, 6.07) is 18.6. The Bertz CT molecular complexity index is 1280. The second-order valence-corrected chi connectivity index (χ2v) is 10.3. The molecule has 0 spiro atoms. The number of para-hydroxylation sites is 2. The van der Waals surface area contributed by atoms with Crippen LogP contribution in [0.1, 0.15) is 11.1 Å². The maximum absolute atomic E-state index is 11.9. The zero-order chi connectivity index (χ0) is 22.7. The summed E-state index contributed by atoms with van der Waals surface area (Å²) < 4.78 is 13.4. The number of aromatic nitrogens is 1. The Hall–Kier alpha value is -1.76. The average Bonchev–Trinajstić information content (AvgIpc) is 3.16. The minimum absolute atomic E-state index is 0.105. The first-order valence-electron chi connectivity index (χ1n) is 9.24. The highest BCUT2D eigenvalue weighted by Crippen LogP contribution is 2.34. The van der Waals surface area contributed by atoms with Crippen molar-refractivity contribution >= 4 is 91.7 Å². The Balaban J connectivity index is 1.57. The first-order valence-corrected chi connectivity index (χ1v) is 12.6. The van der Waals surface area contributed by atoms with Crippen LogP contribution in [-0.2, 0) is 11.4 Å². The number of hydrogen-bond donors (Lipinski definition) is 1. The second-order valence-electron chi connectivity index (χ2n) is 6.56. The quantitative estimate of drug-likeness (QED) is 0.123. The summed E-state index contributed by atoms with van der Waals surface area (Å²) >= 11 is 11.6. The predicted molar refractivity (Wildman–Crippen MR) is 143 cm³/mol. The molecule has 1 aromatic heterocycles. The number of fused-ring (bicyclic) bond motifs is 1. The van der Waals surface area contributed by atoms with Crippen molar-refractivity contribution < 1.29 is 19.1 Å². The molecule has 9 heteroatoms. The van der Waals surface area contributed by atoms with Crippen LogP contribution in [0.25, 0.3) is 17.2 Å². The summed E-state index contributed by atoms with van der Waals surface area (Å²) in [4.78, 5) is 16.3. The highest BCUT2D eigenvalue weighted by Gasteiger charge is 2.16. The molecule has 1 heterocycles. The van der Waals surface area contributed by atoms with Crippen molar-refractivity contribution in [2.45, 2.75) is 11.8 Å². The molecule has 0 amide bonds. The Kier molecular flexibility index (Phi) is 7.64. The van der Waals surface area contributed by atoms with E-state index in [4.69, 9.17) is 20.8 Å². The number of carbonyl (C=O) groups is 1. The molecule has 0 bridgehead atoms. The Morgan fingerprint density at radius 3 is 2.50 bits per heavy atom. The van der Waals surface area contributed by atoms with E-state index >= 15 is 0 Å². The summed E-state index contributed by atoms with van der Waals surface area (Å²) in [5.74, 6) is -0.326. The van der Waals surface area contributed by atoms with Crippen LogP contribution in [0.5, 0.6) is 5.75 Å². The molecular weight excluding hydrogens is 676 g/mol. The van der Waals surface area contributed by atoms with E-state index in [1.165, 1.54) is 0 Å². The van der Waals surface area contributed by atoms with E-state index in [0.717, 1.165) is 35.8 Å². The van der Waals surface area contributed by atoms with E-state index in [1.54, 1.807) is 12.1 Å². The lowest BCUT2D eigenvalue weighted by molar-refractivity contribution is -0.131. The van der Waals surface area contributed by atoms with Gasteiger partial charge in [0.1, 0.15) is 22.8 Å². The van der Waals surface area contributed by atoms with Gasteiger partial charge in [-0.15, -0.1) is 0 Å². The van der Waals surface area contributed by atoms with Crippen molar-refractivity contribution in [3.8, 4) is 5.75 Å². The van der Waals surface area contributed by atoms with E-state index in [0.29, 0.717) is 22.7 Å². The van der Waals surface area contributed by atoms with E-state index in [9.17, 15) is 9.90 Å². The maximum atomic E-state index is 11.9. The molecule has 4 aromatic rings. The van der Waals surface area contributed by atoms with Gasteiger partial charge in [0, 0.05) is 10.6 Å². The van der Waals surface area contributed by atoms with Crippen molar-refractivity contribution in [2.24, 2.45) is 0 Å². The van der Waals surface area contributed by atoms with Gasteiger partial charge >= 0.3 is 5.97 Å². The number of carboxylic acids is 1. The fraction of sp³-hybridized carbons (Fsp3) is 0.0435. The van der Waals surface area contributed by atoms with Gasteiger partial charge in [0.2, 0.25) is 0 Å². The standard InChI is InChI=1S/C23H14ClI2NO4S/c24-15-6-2-1-5-14(15)12-30-21-16(25)9-13(10-17(21)26)11-20(22(28)29)32-23-27-18-7-3-4-8-19(18)31-23/h1-11H,12H2,(H,28,29)/b20-11-. The number of hydrogen-bond acceptors (Lipinski definition) is 5. The molecule has 162 valence electrons. The lowest BCUT2D eigenvalue weighted by Crippen LogP contribution is -2.01. The number of halogens is 3. The lowest BCUT2D eigenvalue weighted by atomic mass is 10.2. The van der Waals surface area contributed by atoms with Crippen LogP contribution in [-0.4, -0.2) is 16.1 Å². The van der Waals surface area contributed by atoms with Gasteiger partial charge in [-0.2, -0.15) is 0 Å². The number of oxazole rings is 1. The van der Waals surface area contributed by atoms with E-state index in [2.05, 4.69) is 50.2 Å². The van der Waals surface area contributed by atoms with Crippen molar-refractivity contribution in [3.63, 3.8) is 0 Å². The molecule has 32 heavy (non-hydrogen) atoms. The number of rotatable bonds is 7. The monoisotopic (exact) mass is 689 g/mol. The minimum Gasteiger partial charge on any atom is -0.487 e. The molecule has 0 saturated carbocycles.